The van der Waals surface area contributed by atoms with Crippen molar-refractivity contribution in [3.63, 3.8) is 0 Å². The topological polar surface area (TPSA) is 158 Å². The van der Waals surface area contributed by atoms with Crippen LogP contribution in [0.4, 0.5) is 5.82 Å². The molecule has 4 heterocycles. The van der Waals surface area contributed by atoms with Gasteiger partial charge in [-0.1, -0.05) is 0 Å². The standard InChI is InChI=1S/C10H11BrN5O6P.Na/c11-10-15-4-7(12)13-2-14-8(4)16(10)9-5(17)6-3(21-9)1-20-23(18,19)22-6;/h2-3,5-6,9,17H,1H2,(H,18,19)(H2,12,13,14);/q;+1/p-1. The van der Waals surface area contributed by atoms with Crippen LogP contribution >= 0.6 is 23.8 Å². The number of aliphatic hydroxyl groups excluding tert-OH is 1. The van der Waals surface area contributed by atoms with Crippen LogP contribution in [0.3, 0.4) is 0 Å². The summed E-state index contributed by atoms with van der Waals surface area (Å²) in [5.41, 5.74) is 6.41. The Morgan fingerprint density at radius 3 is 3.00 bits per heavy atom. The third-order valence-electron chi connectivity index (χ3n) is 3.67. The first-order valence-corrected chi connectivity index (χ1v) is 8.74. The summed E-state index contributed by atoms with van der Waals surface area (Å²) in [7, 11) is -4.44. The van der Waals surface area contributed by atoms with Crippen molar-refractivity contribution in [2.75, 3.05) is 12.3 Å². The normalized spacial score (nSPS) is 35.6. The predicted molar refractivity (Wildman–Crippen MR) is 75.8 cm³/mol. The molecule has 2 aliphatic heterocycles. The number of imidazole rings is 1. The van der Waals surface area contributed by atoms with Crippen molar-refractivity contribution in [1.29, 1.82) is 0 Å². The fraction of sp³-hybridized carbons (Fsp3) is 0.500. The Balaban J connectivity index is 0.00000169. The number of phosphoric ester groups is 1. The van der Waals surface area contributed by atoms with E-state index in [1.807, 2.05) is 0 Å². The summed E-state index contributed by atoms with van der Waals surface area (Å²) in [5, 5.41) is 10.4. The largest absolute Gasteiger partial charge is 1.00 e. The van der Waals surface area contributed by atoms with E-state index in [4.69, 9.17) is 15.0 Å². The summed E-state index contributed by atoms with van der Waals surface area (Å²) in [6.07, 6.45) is -2.80. The molecule has 5 atom stereocenters. The number of anilines is 1. The van der Waals surface area contributed by atoms with E-state index in [2.05, 4.69) is 35.4 Å². The summed E-state index contributed by atoms with van der Waals surface area (Å²) in [5.74, 6) is 0.169. The molecule has 2 aromatic rings. The van der Waals surface area contributed by atoms with Crippen LogP contribution in [-0.4, -0.2) is 49.5 Å². The SMILES string of the molecule is Nc1ncnc2c1nc(Br)n2C1OC2COP(=O)([O-])OC2C1O.[Na+]. The van der Waals surface area contributed by atoms with Crippen molar-refractivity contribution in [3.05, 3.63) is 11.1 Å². The van der Waals surface area contributed by atoms with Gasteiger partial charge in [0.1, 0.15) is 24.6 Å². The number of hydrogen-bond donors (Lipinski definition) is 2. The second-order valence-corrected chi connectivity index (χ2v) is 7.12. The van der Waals surface area contributed by atoms with Gasteiger partial charge in [0, 0.05) is 0 Å². The molecule has 24 heavy (non-hydrogen) atoms. The maximum Gasteiger partial charge on any atom is 1.00 e. The Morgan fingerprint density at radius 1 is 1.50 bits per heavy atom. The minimum atomic E-state index is -4.44. The van der Waals surface area contributed by atoms with Crippen LogP contribution in [-0.2, 0) is 18.3 Å². The zero-order valence-electron chi connectivity index (χ0n) is 12.3. The quantitative estimate of drug-likeness (QED) is 0.262. The molecule has 0 saturated carbocycles. The molecule has 124 valence electrons. The number of halogens is 1. The van der Waals surface area contributed by atoms with Gasteiger partial charge in [0.2, 0.25) is 0 Å². The van der Waals surface area contributed by atoms with Gasteiger partial charge in [-0.3, -0.25) is 9.13 Å². The van der Waals surface area contributed by atoms with Crippen molar-refractivity contribution < 1.29 is 57.9 Å². The molecule has 2 fully saturated rings. The molecule has 5 unspecified atom stereocenters. The summed E-state index contributed by atoms with van der Waals surface area (Å²) in [6, 6.07) is 0. The molecule has 14 heteroatoms. The van der Waals surface area contributed by atoms with Gasteiger partial charge in [-0.05, 0) is 15.9 Å². The fourth-order valence-corrected chi connectivity index (χ4v) is 4.16. The van der Waals surface area contributed by atoms with Gasteiger partial charge in [0.25, 0.3) is 7.82 Å². The molecule has 0 aromatic carbocycles. The molecule has 0 radical (unpaired) electrons. The summed E-state index contributed by atoms with van der Waals surface area (Å²) >= 11 is 3.25. The van der Waals surface area contributed by atoms with Crippen molar-refractivity contribution >= 4 is 40.7 Å². The van der Waals surface area contributed by atoms with Crippen molar-refractivity contribution in [1.82, 2.24) is 19.5 Å². The van der Waals surface area contributed by atoms with Gasteiger partial charge in [-0.2, -0.15) is 0 Å². The van der Waals surface area contributed by atoms with E-state index in [0.29, 0.717) is 15.9 Å². The number of nitrogens with two attached hydrogens (primary N) is 1. The second-order valence-electron chi connectivity index (χ2n) is 5.05. The van der Waals surface area contributed by atoms with Gasteiger partial charge in [0.05, 0.1) is 6.61 Å². The number of hydrogen-bond acceptors (Lipinski definition) is 10. The van der Waals surface area contributed by atoms with Gasteiger partial charge in [-0.15, -0.1) is 0 Å². The average molecular weight is 430 g/mol. The van der Waals surface area contributed by atoms with E-state index >= 15 is 0 Å². The molecule has 0 bridgehead atoms. The van der Waals surface area contributed by atoms with Gasteiger partial charge in [-0.25, -0.2) is 15.0 Å². The monoisotopic (exact) mass is 429 g/mol. The molecule has 2 aromatic heterocycles. The molecule has 11 nitrogen and oxygen atoms in total. The number of ether oxygens (including phenoxy) is 1. The predicted octanol–water partition coefficient (Wildman–Crippen LogP) is -3.68. The third kappa shape index (κ3) is 2.94. The van der Waals surface area contributed by atoms with Crippen LogP contribution in [0.2, 0.25) is 0 Å². The van der Waals surface area contributed by atoms with E-state index < -0.39 is 32.4 Å². The van der Waals surface area contributed by atoms with Crippen LogP contribution in [0.25, 0.3) is 11.2 Å². The van der Waals surface area contributed by atoms with E-state index in [1.54, 1.807) is 0 Å². The molecular weight excluding hydrogens is 420 g/mol. The Hall–Kier alpha value is -0.140. The first-order valence-electron chi connectivity index (χ1n) is 6.49. The number of rotatable bonds is 1. The first kappa shape index (κ1) is 18.6. The van der Waals surface area contributed by atoms with Crippen molar-refractivity contribution in [3.8, 4) is 0 Å². The molecule has 2 saturated heterocycles. The minimum Gasteiger partial charge on any atom is -0.756 e. The maximum atomic E-state index is 11.4. The van der Waals surface area contributed by atoms with Gasteiger partial charge in [0.15, 0.2) is 27.9 Å². The third-order valence-corrected chi connectivity index (χ3v) is 5.20. The van der Waals surface area contributed by atoms with E-state index in [9.17, 15) is 14.6 Å². The van der Waals surface area contributed by atoms with Crippen LogP contribution in [0.1, 0.15) is 6.23 Å². The van der Waals surface area contributed by atoms with Crippen LogP contribution in [0.5, 0.6) is 0 Å². The molecule has 2 aliphatic rings. The van der Waals surface area contributed by atoms with Crippen LogP contribution in [0, 0.1) is 0 Å². The van der Waals surface area contributed by atoms with Crippen molar-refractivity contribution in [2.24, 2.45) is 0 Å². The molecule has 0 amide bonds. The maximum absolute atomic E-state index is 11.4. The van der Waals surface area contributed by atoms with E-state index in [1.165, 1.54) is 10.9 Å². The summed E-state index contributed by atoms with van der Waals surface area (Å²) in [4.78, 5) is 23.5. The summed E-state index contributed by atoms with van der Waals surface area (Å²) in [6.45, 7) is -0.236. The van der Waals surface area contributed by atoms with Crippen LogP contribution < -0.4 is 40.2 Å². The Bertz CT molecular complexity index is 837. The number of aliphatic hydroxyl groups is 1. The van der Waals surface area contributed by atoms with Gasteiger partial charge < -0.3 is 29.5 Å². The molecular formula is C10H10BrN5NaO6P. The Labute approximate surface area is 165 Å². The molecule has 0 aliphatic carbocycles. The number of nitrogens with zero attached hydrogens (tertiary/aromatic N) is 4. The Kier molecular flexibility index (Phi) is 5.08. The molecule has 4 rings (SSSR count). The average Bonchev–Trinajstić information content (AvgIpc) is 2.97. The molecule has 3 N–H and O–H groups in total. The first-order chi connectivity index (χ1) is 10.9. The van der Waals surface area contributed by atoms with Crippen LogP contribution in [0.15, 0.2) is 11.1 Å². The number of aromatic nitrogens is 4. The second kappa shape index (κ2) is 6.54. The van der Waals surface area contributed by atoms with E-state index in [-0.39, 0.29) is 42.0 Å². The van der Waals surface area contributed by atoms with Crippen molar-refractivity contribution in [2.45, 2.75) is 24.5 Å². The number of phosphoric acid groups is 1. The fourth-order valence-electron chi connectivity index (χ4n) is 2.67. The van der Waals surface area contributed by atoms with E-state index in [0.717, 1.165) is 0 Å². The molecule has 0 spiro atoms. The minimum absolute atomic E-state index is 0. The summed E-state index contributed by atoms with van der Waals surface area (Å²) < 4.78 is 28.2. The Morgan fingerprint density at radius 2 is 2.25 bits per heavy atom. The zero-order valence-corrected chi connectivity index (χ0v) is 16.8. The smallest absolute Gasteiger partial charge is 0.756 e. The number of fused-ring (bicyclic) bond motifs is 2. The number of nitrogen functional groups attached to an aromatic ring is 1. The zero-order chi connectivity index (χ0) is 16.4. The van der Waals surface area contributed by atoms with Gasteiger partial charge >= 0.3 is 29.6 Å².